The summed E-state index contributed by atoms with van der Waals surface area (Å²) in [5, 5.41) is 11.4. The molecule has 220 valence electrons. The first kappa shape index (κ1) is 30.1. The molecule has 0 aromatic heterocycles. The molecule has 1 aliphatic heterocycles. The Balaban J connectivity index is 1.59. The van der Waals surface area contributed by atoms with Crippen molar-refractivity contribution >= 4 is 6.08 Å². The molecular weight excluding hydrogens is 524 g/mol. The summed E-state index contributed by atoms with van der Waals surface area (Å²) in [6.07, 6.45) is 4.81. The number of hydrogen-bond donors (Lipinski definition) is 1. The Hall–Kier alpha value is -3.88. The van der Waals surface area contributed by atoms with Crippen molar-refractivity contribution in [1.82, 2.24) is 0 Å². The predicted octanol–water partition coefficient (Wildman–Crippen LogP) is 6.27. The molecule has 8 heteroatoms. The highest BCUT2D eigenvalue weighted by Gasteiger charge is 2.36. The fourth-order valence-corrected chi connectivity index (χ4v) is 5.43. The van der Waals surface area contributed by atoms with Crippen LogP contribution >= 0.6 is 0 Å². The molecule has 8 nitrogen and oxygen atoms in total. The lowest BCUT2D eigenvalue weighted by Gasteiger charge is -2.38. The summed E-state index contributed by atoms with van der Waals surface area (Å²) >= 11 is 0. The molecule has 0 aliphatic carbocycles. The Morgan fingerprint density at radius 2 is 1.29 bits per heavy atom. The van der Waals surface area contributed by atoms with Crippen LogP contribution in [0.3, 0.4) is 0 Å². The van der Waals surface area contributed by atoms with Gasteiger partial charge in [0.1, 0.15) is 0 Å². The highest BCUT2D eigenvalue weighted by Crippen LogP contribution is 2.44. The maximum absolute atomic E-state index is 11.4. The smallest absolute Gasteiger partial charge is 0.161 e. The maximum atomic E-state index is 11.4. The molecule has 0 amide bonds. The van der Waals surface area contributed by atoms with Crippen LogP contribution in [0.25, 0.3) is 6.08 Å². The van der Waals surface area contributed by atoms with Crippen molar-refractivity contribution in [3.8, 4) is 34.5 Å². The number of aliphatic hydroxyl groups excluding tert-OH is 1. The molecule has 1 heterocycles. The van der Waals surface area contributed by atoms with Gasteiger partial charge >= 0.3 is 0 Å². The van der Waals surface area contributed by atoms with Crippen LogP contribution in [-0.2, 0) is 4.74 Å². The van der Waals surface area contributed by atoms with E-state index < -0.39 is 6.10 Å². The number of methoxy groups -OCH3 is 6. The van der Waals surface area contributed by atoms with Crippen LogP contribution < -0.4 is 28.4 Å². The molecule has 0 bridgehead atoms. The summed E-state index contributed by atoms with van der Waals surface area (Å²) in [6, 6.07) is 17.2. The van der Waals surface area contributed by atoms with Crippen molar-refractivity contribution in [3.05, 3.63) is 77.4 Å². The van der Waals surface area contributed by atoms with Gasteiger partial charge in [-0.3, -0.25) is 0 Å². The number of benzene rings is 3. The molecule has 4 rings (SSSR count). The van der Waals surface area contributed by atoms with E-state index in [1.54, 1.807) is 42.7 Å². The zero-order valence-corrected chi connectivity index (χ0v) is 24.6. The Bertz CT molecular complexity index is 1320. The fraction of sp³-hybridized carbons (Fsp3) is 0.394. The largest absolute Gasteiger partial charge is 0.493 e. The van der Waals surface area contributed by atoms with Crippen LogP contribution in [-0.4, -0.2) is 54.4 Å². The topological polar surface area (TPSA) is 84.8 Å². The quantitative estimate of drug-likeness (QED) is 0.276. The third kappa shape index (κ3) is 6.89. The van der Waals surface area contributed by atoms with Crippen LogP contribution in [0.2, 0.25) is 0 Å². The van der Waals surface area contributed by atoms with Crippen LogP contribution in [0, 0.1) is 11.8 Å². The third-order valence-corrected chi connectivity index (χ3v) is 7.61. The number of rotatable bonds is 12. The number of hydrogen-bond acceptors (Lipinski definition) is 8. The predicted molar refractivity (Wildman–Crippen MR) is 158 cm³/mol. The lowest BCUT2D eigenvalue weighted by atomic mass is 9.79. The Labute approximate surface area is 242 Å². The van der Waals surface area contributed by atoms with E-state index in [2.05, 4.69) is 12.2 Å². The van der Waals surface area contributed by atoms with Gasteiger partial charge in [-0.2, -0.15) is 0 Å². The highest BCUT2D eigenvalue weighted by atomic mass is 16.5. The molecule has 4 atom stereocenters. The van der Waals surface area contributed by atoms with Crippen molar-refractivity contribution in [2.75, 3.05) is 49.3 Å². The Morgan fingerprint density at radius 3 is 1.93 bits per heavy atom. The lowest BCUT2D eigenvalue weighted by molar-refractivity contribution is -0.0901. The zero-order chi connectivity index (χ0) is 29.4. The lowest BCUT2D eigenvalue weighted by Crippen LogP contribution is -2.32. The zero-order valence-electron chi connectivity index (χ0n) is 24.6. The molecule has 0 unspecified atom stereocenters. The molecule has 1 saturated heterocycles. The molecule has 1 N–H and O–H groups in total. The first-order chi connectivity index (χ1) is 20.0. The first-order valence-corrected chi connectivity index (χ1v) is 13.6. The summed E-state index contributed by atoms with van der Waals surface area (Å²) in [6.45, 7) is 0.407. The van der Waals surface area contributed by atoms with Crippen molar-refractivity contribution in [3.63, 3.8) is 0 Å². The molecule has 0 spiro atoms. The second-order valence-electron chi connectivity index (χ2n) is 9.94. The SMILES string of the molecule is COc1ccc(/C=C/C[C@@H]2C[C@@H]([C@H](O)c3ccc(OC)c(OC)c3)CO[C@@H]2c2ccc(OC)c(OC)c2)cc1OC. The summed E-state index contributed by atoms with van der Waals surface area (Å²) in [7, 11) is 9.68. The minimum atomic E-state index is -0.724. The van der Waals surface area contributed by atoms with Crippen LogP contribution in [0.15, 0.2) is 60.7 Å². The Kier molecular flexibility index (Phi) is 10.4. The standard InChI is InChI=1S/C33H40O8/c1-35-26-13-10-21(16-29(26)38-4)8-7-9-23-17-25(32(34)22-11-14-27(36-2)30(18-22)39-5)20-41-33(23)24-12-15-28(37-3)31(19-24)40-6/h7-8,10-16,18-19,23,25,32-34H,9,17,20H2,1-6H3/b8-7+/t23-,25-,32-,33+/m1/s1. The van der Waals surface area contributed by atoms with Gasteiger partial charge in [0.2, 0.25) is 0 Å². The van der Waals surface area contributed by atoms with E-state index >= 15 is 0 Å². The van der Waals surface area contributed by atoms with Gasteiger partial charge in [0.05, 0.1) is 61.5 Å². The second-order valence-corrected chi connectivity index (χ2v) is 9.94. The van der Waals surface area contributed by atoms with Gasteiger partial charge in [-0.25, -0.2) is 0 Å². The number of allylic oxidation sites excluding steroid dienone is 1. The molecule has 3 aromatic rings. The van der Waals surface area contributed by atoms with Gasteiger partial charge in [-0.1, -0.05) is 30.4 Å². The van der Waals surface area contributed by atoms with Crippen molar-refractivity contribution in [2.45, 2.75) is 25.0 Å². The average Bonchev–Trinajstić information content (AvgIpc) is 3.03. The van der Waals surface area contributed by atoms with Crippen LogP contribution in [0.1, 0.15) is 41.7 Å². The molecule has 1 aliphatic rings. The molecule has 3 aromatic carbocycles. The summed E-state index contributed by atoms with van der Waals surface area (Å²) in [5.74, 6) is 3.87. The summed E-state index contributed by atoms with van der Waals surface area (Å²) in [4.78, 5) is 0. The molecule has 1 fully saturated rings. The van der Waals surface area contributed by atoms with Gasteiger partial charge in [-0.05, 0) is 71.8 Å². The van der Waals surface area contributed by atoms with Gasteiger partial charge in [0.15, 0.2) is 34.5 Å². The van der Waals surface area contributed by atoms with E-state index in [1.165, 1.54) is 0 Å². The second kappa shape index (κ2) is 14.1. The van der Waals surface area contributed by atoms with Gasteiger partial charge < -0.3 is 38.3 Å². The summed E-state index contributed by atoms with van der Waals surface area (Å²) in [5.41, 5.74) is 2.77. The first-order valence-electron chi connectivity index (χ1n) is 13.6. The van der Waals surface area contributed by atoms with Gasteiger partial charge in [0, 0.05) is 5.92 Å². The number of aliphatic hydroxyl groups is 1. The summed E-state index contributed by atoms with van der Waals surface area (Å²) < 4.78 is 39.1. The molecule has 0 saturated carbocycles. The van der Waals surface area contributed by atoms with E-state index in [1.807, 2.05) is 54.6 Å². The van der Waals surface area contributed by atoms with Crippen molar-refractivity contribution in [2.24, 2.45) is 11.8 Å². The number of ether oxygens (including phenoxy) is 7. The van der Waals surface area contributed by atoms with E-state index in [4.69, 9.17) is 33.2 Å². The monoisotopic (exact) mass is 564 g/mol. The highest BCUT2D eigenvalue weighted by molar-refractivity contribution is 5.56. The molecule has 0 radical (unpaired) electrons. The maximum Gasteiger partial charge on any atom is 0.161 e. The molecule has 41 heavy (non-hydrogen) atoms. The van der Waals surface area contributed by atoms with Crippen molar-refractivity contribution < 1.29 is 38.3 Å². The third-order valence-electron chi connectivity index (χ3n) is 7.61. The average molecular weight is 565 g/mol. The van der Waals surface area contributed by atoms with Crippen LogP contribution in [0.4, 0.5) is 0 Å². The minimum absolute atomic E-state index is 0.0954. The molecular formula is C33H40O8. The Morgan fingerprint density at radius 1 is 0.732 bits per heavy atom. The van der Waals surface area contributed by atoms with E-state index in [0.29, 0.717) is 41.1 Å². The normalized spacial score (nSPS) is 19.4. The van der Waals surface area contributed by atoms with Gasteiger partial charge in [-0.15, -0.1) is 0 Å². The minimum Gasteiger partial charge on any atom is -0.493 e. The fourth-order valence-electron chi connectivity index (χ4n) is 5.43. The van der Waals surface area contributed by atoms with Crippen molar-refractivity contribution in [1.29, 1.82) is 0 Å². The van der Waals surface area contributed by atoms with Gasteiger partial charge in [0.25, 0.3) is 0 Å². The van der Waals surface area contributed by atoms with E-state index in [9.17, 15) is 5.11 Å². The van der Waals surface area contributed by atoms with E-state index in [0.717, 1.165) is 29.5 Å². The van der Waals surface area contributed by atoms with E-state index in [-0.39, 0.29) is 17.9 Å². The van der Waals surface area contributed by atoms with Crippen LogP contribution in [0.5, 0.6) is 34.5 Å².